The van der Waals surface area contributed by atoms with E-state index in [1.807, 2.05) is 37.3 Å². The molecule has 8 nitrogen and oxygen atoms in total. The highest BCUT2D eigenvalue weighted by Crippen LogP contribution is 2.30. The van der Waals surface area contributed by atoms with E-state index in [1.54, 1.807) is 22.8 Å². The molecule has 0 atom stereocenters. The van der Waals surface area contributed by atoms with Crippen molar-refractivity contribution in [2.75, 3.05) is 11.1 Å². The molecule has 37 heavy (non-hydrogen) atoms. The van der Waals surface area contributed by atoms with Gasteiger partial charge in [0.05, 0.1) is 28.6 Å². The lowest BCUT2D eigenvalue weighted by atomic mass is 10.1. The van der Waals surface area contributed by atoms with Gasteiger partial charge in [-0.1, -0.05) is 71.4 Å². The van der Waals surface area contributed by atoms with E-state index >= 15 is 0 Å². The fourth-order valence-corrected chi connectivity index (χ4v) is 5.51. The fourth-order valence-electron chi connectivity index (χ4n) is 3.40. The number of thiazole rings is 1. The van der Waals surface area contributed by atoms with Crippen LogP contribution in [0.25, 0.3) is 11.3 Å². The number of nitrogens with one attached hydrogen (secondary N) is 2. The van der Waals surface area contributed by atoms with Gasteiger partial charge in [0.25, 0.3) is 5.91 Å². The first-order chi connectivity index (χ1) is 17.9. The van der Waals surface area contributed by atoms with Gasteiger partial charge in [0.1, 0.15) is 0 Å². The Bertz CT molecular complexity index is 1440. The summed E-state index contributed by atoms with van der Waals surface area (Å²) >= 11 is 14.7. The SMILES string of the molecule is C=CCn1c(CNC(=O)c2ccc(Cl)cc2Cl)nnc1SCC(=O)Nc1nc(-c2ccccc2)c(C)s1. The van der Waals surface area contributed by atoms with E-state index in [1.165, 1.54) is 29.2 Å². The van der Waals surface area contributed by atoms with Gasteiger partial charge >= 0.3 is 0 Å². The van der Waals surface area contributed by atoms with E-state index < -0.39 is 0 Å². The Morgan fingerprint density at radius 2 is 1.95 bits per heavy atom. The number of aryl methyl sites for hydroxylation is 1. The molecule has 2 aromatic heterocycles. The van der Waals surface area contributed by atoms with E-state index in [4.69, 9.17) is 23.2 Å². The zero-order valence-corrected chi connectivity index (χ0v) is 22.8. The van der Waals surface area contributed by atoms with Gasteiger partial charge in [-0.3, -0.25) is 9.59 Å². The normalized spacial score (nSPS) is 10.8. The fraction of sp³-hybridized carbons (Fsp3) is 0.160. The van der Waals surface area contributed by atoms with Crippen LogP contribution in [0.1, 0.15) is 21.1 Å². The molecular weight excluding hydrogens is 551 g/mol. The van der Waals surface area contributed by atoms with Gasteiger partial charge in [0.2, 0.25) is 5.91 Å². The number of hydrogen-bond donors (Lipinski definition) is 2. The van der Waals surface area contributed by atoms with Gasteiger partial charge in [-0.05, 0) is 25.1 Å². The molecule has 2 heterocycles. The Hall–Kier alpha value is -3.18. The summed E-state index contributed by atoms with van der Waals surface area (Å²) in [6.45, 7) is 6.28. The van der Waals surface area contributed by atoms with Crippen molar-refractivity contribution in [1.29, 1.82) is 0 Å². The molecule has 0 aliphatic rings. The zero-order valence-electron chi connectivity index (χ0n) is 19.7. The lowest BCUT2D eigenvalue weighted by molar-refractivity contribution is -0.113. The minimum atomic E-state index is -0.364. The van der Waals surface area contributed by atoms with Crippen LogP contribution in [0.4, 0.5) is 5.13 Å². The Balaban J connectivity index is 1.37. The monoisotopic (exact) mass is 572 g/mol. The summed E-state index contributed by atoms with van der Waals surface area (Å²) in [6, 6.07) is 14.5. The number of carbonyl (C=O) groups is 2. The molecule has 2 aromatic carbocycles. The lowest BCUT2D eigenvalue weighted by Crippen LogP contribution is -2.25. The van der Waals surface area contributed by atoms with Gasteiger partial charge in [0, 0.05) is 22.0 Å². The molecule has 4 rings (SSSR count). The smallest absolute Gasteiger partial charge is 0.253 e. The Labute approximate surface area is 232 Å². The van der Waals surface area contributed by atoms with Crippen LogP contribution in [0.3, 0.4) is 0 Å². The first-order valence-corrected chi connectivity index (χ1v) is 13.6. The van der Waals surface area contributed by atoms with Gasteiger partial charge in [-0.25, -0.2) is 4.98 Å². The van der Waals surface area contributed by atoms with Crippen molar-refractivity contribution < 1.29 is 9.59 Å². The van der Waals surface area contributed by atoms with Crippen molar-refractivity contribution in [3.05, 3.63) is 87.5 Å². The number of hydrogen-bond acceptors (Lipinski definition) is 7. The predicted octanol–water partition coefficient (Wildman–Crippen LogP) is 5.86. The Morgan fingerprint density at radius 1 is 1.16 bits per heavy atom. The molecule has 0 unspecified atom stereocenters. The summed E-state index contributed by atoms with van der Waals surface area (Å²) in [5.41, 5.74) is 2.16. The van der Waals surface area contributed by atoms with Crippen LogP contribution < -0.4 is 10.6 Å². The highest BCUT2D eigenvalue weighted by Gasteiger charge is 2.17. The third-order valence-corrected chi connectivity index (χ3v) is 7.51. The summed E-state index contributed by atoms with van der Waals surface area (Å²) in [7, 11) is 0. The summed E-state index contributed by atoms with van der Waals surface area (Å²) < 4.78 is 1.79. The van der Waals surface area contributed by atoms with Crippen molar-refractivity contribution in [2.45, 2.75) is 25.2 Å². The van der Waals surface area contributed by atoms with Crippen molar-refractivity contribution in [3.8, 4) is 11.3 Å². The molecule has 12 heteroatoms. The van der Waals surface area contributed by atoms with Crippen LogP contribution in [0.2, 0.25) is 10.0 Å². The molecule has 0 saturated heterocycles. The van der Waals surface area contributed by atoms with Crippen LogP contribution in [-0.2, 0) is 17.9 Å². The number of halogens is 2. The van der Waals surface area contributed by atoms with Crippen LogP contribution in [-0.4, -0.2) is 37.3 Å². The third-order valence-electron chi connectivity index (χ3n) is 5.11. The third kappa shape index (κ3) is 6.78. The number of nitrogens with zero attached hydrogens (tertiary/aromatic N) is 4. The summed E-state index contributed by atoms with van der Waals surface area (Å²) in [4.78, 5) is 30.8. The highest BCUT2D eigenvalue weighted by atomic mass is 35.5. The molecule has 2 N–H and O–H groups in total. The average molecular weight is 574 g/mol. The molecular formula is C25H22Cl2N6O2S2. The van der Waals surface area contributed by atoms with Crippen LogP contribution in [0.5, 0.6) is 0 Å². The molecule has 0 spiro atoms. The minimum absolute atomic E-state index is 0.112. The van der Waals surface area contributed by atoms with Crippen molar-refractivity contribution in [2.24, 2.45) is 0 Å². The zero-order chi connectivity index (χ0) is 26.4. The molecule has 0 saturated carbocycles. The number of aromatic nitrogens is 4. The second-order valence-electron chi connectivity index (χ2n) is 7.73. The molecule has 0 aliphatic carbocycles. The molecule has 0 aliphatic heterocycles. The number of benzene rings is 2. The van der Waals surface area contributed by atoms with Crippen LogP contribution in [0.15, 0.2) is 66.3 Å². The second-order valence-corrected chi connectivity index (χ2v) is 10.7. The molecule has 0 radical (unpaired) electrons. The quantitative estimate of drug-likeness (QED) is 0.182. The van der Waals surface area contributed by atoms with Crippen molar-refractivity contribution in [1.82, 2.24) is 25.1 Å². The maximum Gasteiger partial charge on any atom is 0.253 e. The van der Waals surface area contributed by atoms with Crippen LogP contribution >= 0.6 is 46.3 Å². The number of allylic oxidation sites excluding steroid dienone is 1. The number of amides is 2. The number of carbonyl (C=O) groups excluding carboxylic acids is 2. The van der Waals surface area contributed by atoms with Crippen LogP contribution in [0, 0.1) is 6.92 Å². The predicted molar refractivity (Wildman–Crippen MR) is 149 cm³/mol. The first-order valence-electron chi connectivity index (χ1n) is 11.1. The number of rotatable bonds is 10. The summed E-state index contributed by atoms with van der Waals surface area (Å²) in [5.74, 6) is 0.0569. The van der Waals surface area contributed by atoms with Gasteiger partial charge < -0.3 is 15.2 Å². The molecule has 0 bridgehead atoms. The summed E-state index contributed by atoms with van der Waals surface area (Å²) in [5, 5.41) is 15.8. The standard InChI is InChI=1S/C25H22Cl2N6O2S2/c1-3-11-33-20(13-28-23(35)18-10-9-17(26)12-19(18)27)31-32-25(33)36-14-21(34)29-24-30-22(15(2)37-24)16-7-5-4-6-8-16/h3-10,12H,1,11,13-14H2,2H3,(H,28,35)(H,29,30,34). The van der Waals surface area contributed by atoms with Gasteiger partial charge in [-0.2, -0.15) is 0 Å². The highest BCUT2D eigenvalue weighted by molar-refractivity contribution is 7.99. The van der Waals surface area contributed by atoms with Crippen molar-refractivity contribution in [3.63, 3.8) is 0 Å². The lowest BCUT2D eigenvalue weighted by Gasteiger charge is -2.09. The number of thioether (sulfide) groups is 1. The second kappa shape index (κ2) is 12.4. The number of anilines is 1. The minimum Gasteiger partial charge on any atom is -0.345 e. The van der Waals surface area contributed by atoms with Gasteiger partial charge in [0.15, 0.2) is 16.1 Å². The molecule has 4 aromatic rings. The van der Waals surface area contributed by atoms with Crippen molar-refractivity contribution >= 4 is 63.2 Å². The molecule has 190 valence electrons. The van der Waals surface area contributed by atoms with E-state index in [9.17, 15) is 9.59 Å². The van der Waals surface area contributed by atoms with Gasteiger partial charge in [-0.15, -0.1) is 28.1 Å². The topological polar surface area (TPSA) is 102 Å². The largest absolute Gasteiger partial charge is 0.345 e. The maximum absolute atomic E-state index is 12.6. The van der Waals surface area contributed by atoms with E-state index in [0.29, 0.717) is 33.2 Å². The van der Waals surface area contributed by atoms with E-state index in [-0.39, 0.29) is 29.1 Å². The maximum atomic E-state index is 12.6. The Kier molecular flexibility index (Phi) is 8.99. The molecule has 0 fully saturated rings. The first kappa shape index (κ1) is 26.9. The Morgan fingerprint density at radius 3 is 2.68 bits per heavy atom. The van der Waals surface area contributed by atoms with E-state index in [2.05, 4.69) is 32.4 Å². The average Bonchev–Trinajstić information content (AvgIpc) is 3.44. The van der Waals surface area contributed by atoms with E-state index in [0.717, 1.165) is 16.1 Å². The molecule has 2 amide bonds. The summed E-state index contributed by atoms with van der Waals surface area (Å²) in [6.07, 6.45) is 1.69.